The fourth-order valence-electron chi connectivity index (χ4n) is 2.50. The first kappa shape index (κ1) is 23.8. The molecule has 3 rings (SSSR count). The Morgan fingerprint density at radius 1 is 1.14 bits per heavy atom. The maximum atomic E-state index is 5.97. The standard InChI is InChI=1S/C17H21N5OS.2C2H6/c1-4-5-8-22-16-14(15(18)19-10-20-16)21-17(22)24-12-7-6-11(2)13(9-12)23-3;2*1-2/h6-7,9-10H,4-5,8H2,1-3H3,(H2,18,19,20);2*1-2H3. The molecule has 2 heterocycles. The highest BCUT2D eigenvalue weighted by molar-refractivity contribution is 7.99. The number of rotatable bonds is 6. The Kier molecular flexibility index (Phi) is 10.4. The molecule has 2 aromatic heterocycles. The molecule has 0 amide bonds. The maximum absolute atomic E-state index is 5.97. The second kappa shape index (κ2) is 12.2. The van der Waals surface area contributed by atoms with Gasteiger partial charge in [-0.3, -0.25) is 0 Å². The zero-order chi connectivity index (χ0) is 21.1. The highest BCUT2D eigenvalue weighted by Crippen LogP contribution is 2.33. The molecule has 0 spiro atoms. The average Bonchev–Trinajstić information content (AvgIpc) is 3.09. The van der Waals surface area contributed by atoms with Gasteiger partial charge in [0.05, 0.1) is 7.11 Å². The molecule has 0 saturated carbocycles. The number of aryl methyl sites for hydroxylation is 2. The smallest absolute Gasteiger partial charge is 0.175 e. The fourth-order valence-corrected chi connectivity index (χ4v) is 3.44. The molecule has 154 valence electrons. The second-order valence-corrected chi connectivity index (χ2v) is 6.60. The molecule has 0 aliphatic carbocycles. The Morgan fingerprint density at radius 2 is 1.86 bits per heavy atom. The predicted octanol–water partition coefficient (Wildman–Crippen LogP) is 5.73. The van der Waals surface area contributed by atoms with E-state index < -0.39 is 0 Å². The number of ether oxygens (including phenoxy) is 1. The van der Waals surface area contributed by atoms with E-state index in [-0.39, 0.29) is 0 Å². The van der Waals surface area contributed by atoms with Crippen molar-refractivity contribution in [3.05, 3.63) is 30.1 Å². The van der Waals surface area contributed by atoms with Crippen LogP contribution in [-0.2, 0) is 6.54 Å². The number of imidazole rings is 1. The number of nitrogen functional groups attached to an aromatic ring is 1. The lowest BCUT2D eigenvalue weighted by Gasteiger charge is -2.09. The third-order valence-corrected chi connectivity index (χ3v) is 4.83. The van der Waals surface area contributed by atoms with Gasteiger partial charge in [0.25, 0.3) is 0 Å². The number of unbranched alkanes of at least 4 members (excludes halogenated alkanes) is 1. The largest absolute Gasteiger partial charge is 0.496 e. The van der Waals surface area contributed by atoms with Crippen molar-refractivity contribution in [1.82, 2.24) is 19.5 Å². The summed E-state index contributed by atoms with van der Waals surface area (Å²) in [6.45, 7) is 13.1. The molecule has 0 fully saturated rings. The number of fused-ring (bicyclic) bond motifs is 1. The van der Waals surface area contributed by atoms with Gasteiger partial charge in [0.2, 0.25) is 0 Å². The number of benzene rings is 1. The van der Waals surface area contributed by atoms with Crippen molar-refractivity contribution in [1.29, 1.82) is 0 Å². The van der Waals surface area contributed by atoms with Crippen LogP contribution in [0.25, 0.3) is 11.2 Å². The van der Waals surface area contributed by atoms with Crippen molar-refractivity contribution in [2.24, 2.45) is 0 Å². The molecular weight excluding hydrogens is 370 g/mol. The van der Waals surface area contributed by atoms with E-state index in [2.05, 4.69) is 32.5 Å². The van der Waals surface area contributed by atoms with Crippen LogP contribution in [0.2, 0.25) is 0 Å². The number of methoxy groups -OCH3 is 1. The summed E-state index contributed by atoms with van der Waals surface area (Å²) in [5, 5.41) is 0.872. The minimum Gasteiger partial charge on any atom is -0.496 e. The van der Waals surface area contributed by atoms with Crippen LogP contribution in [0.3, 0.4) is 0 Å². The van der Waals surface area contributed by atoms with Crippen molar-refractivity contribution < 1.29 is 4.74 Å². The van der Waals surface area contributed by atoms with E-state index in [1.165, 1.54) is 6.33 Å². The molecule has 28 heavy (non-hydrogen) atoms. The summed E-state index contributed by atoms with van der Waals surface area (Å²) in [5.74, 6) is 1.29. The molecule has 0 bridgehead atoms. The Bertz CT molecular complexity index is 863. The SMILES string of the molecule is CC.CC.CCCCn1c(Sc2ccc(C)c(OC)c2)nc2c(N)ncnc21. The fraction of sp³-hybridized carbons (Fsp3) is 0.476. The molecular formula is C21H33N5OS. The van der Waals surface area contributed by atoms with E-state index >= 15 is 0 Å². The van der Waals surface area contributed by atoms with Gasteiger partial charge >= 0.3 is 0 Å². The Labute approximate surface area is 172 Å². The van der Waals surface area contributed by atoms with E-state index in [1.54, 1.807) is 18.9 Å². The number of hydrogen-bond acceptors (Lipinski definition) is 6. The Morgan fingerprint density at radius 3 is 2.50 bits per heavy atom. The monoisotopic (exact) mass is 403 g/mol. The summed E-state index contributed by atoms with van der Waals surface area (Å²) < 4.78 is 7.53. The Hall–Kier alpha value is -2.28. The normalized spacial score (nSPS) is 9.96. The van der Waals surface area contributed by atoms with Crippen molar-refractivity contribution in [2.45, 2.75) is 71.0 Å². The van der Waals surface area contributed by atoms with Crippen LogP contribution in [-0.4, -0.2) is 26.6 Å². The lowest BCUT2D eigenvalue weighted by Crippen LogP contribution is -2.01. The van der Waals surface area contributed by atoms with E-state index in [1.807, 2.05) is 46.8 Å². The lowest BCUT2D eigenvalue weighted by molar-refractivity contribution is 0.410. The van der Waals surface area contributed by atoms with Gasteiger partial charge in [-0.1, -0.05) is 58.9 Å². The lowest BCUT2D eigenvalue weighted by atomic mass is 10.2. The molecule has 1 aromatic carbocycles. The van der Waals surface area contributed by atoms with E-state index in [0.717, 1.165) is 46.4 Å². The van der Waals surface area contributed by atoms with Crippen LogP contribution in [0.1, 0.15) is 53.0 Å². The first-order chi connectivity index (χ1) is 13.6. The van der Waals surface area contributed by atoms with Crippen molar-refractivity contribution in [3.63, 3.8) is 0 Å². The predicted molar refractivity (Wildman–Crippen MR) is 119 cm³/mol. The average molecular weight is 404 g/mol. The van der Waals surface area contributed by atoms with Gasteiger partial charge in [-0.2, -0.15) is 0 Å². The Balaban J connectivity index is 0.000000921. The summed E-state index contributed by atoms with van der Waals surface area (Å²) in [5.41, 5.74) is 8.53. The third kappa shape index (κ3) is 5.61. The zero-order valence-corrected chi connectivity index (χ0v) is 18.9. The summed E-state index contributed by atoms with van der Waals surface area (Å²) in [6, 6.07) is 6.15. The van der Waals surface area contributed by atoms with E-state index in [9.17, 15) is 0 Å². The van der Waals surface area contributed by atoms with Gasteiger partial charge in [0.1, 0.15) is 12.1 Å². The number of nitrogens with zero attached hydrogens (tertiary/aromatic N) is 4. The third-order valence-electron chi connectivity index (χ3n) is 3.85. The van der Waals surface area contributed by atoms with Crippen LogP contribution in [0.4, 0.5) is 5.82 Å². The van der Waals surface area contributed by atoms with Crippen LogP contribution >= 0.6 is 11.8 Å². The molecule has 2 N–H and O–H groups in total. The van der Waals surface area contributed by atoms with Crippen LogP contribution < -0.4 is 10.5 Å². The first-order valence-electron chi connectivity index (χ1n) is 9.93. The van der Waals surface area contributed by atoms with Crippen LogP contribution in [0, 0.1) is 6.92 Å². The topological polar surface area (TPSA) is 78.9 Å². The molecule has 0 saturated heterocycles. The number of hydrogen-bond donors (Lipinski definition) is 1. The van der Waals surface area contributed by atoms with Crippen LogP contribution in [0.15, 0.2) is 34.6 Å². The molecule has 7 heteroatoms. The first-order valence-corrected chi connectivity index (χ1v) is 10.7. The van der Waals surface area contributed by atoms with Gasteiger partial charge < -0.3 is 15.0 Å². The molecule has 0 radical (unpaired) electrons. The van der Waals surface area contributed by atoms with Crippen molar-refractivity contribution >= 4 is 28.7 Å². The van der Waals surface area contributed by atoms with E-state index in [4.69, 9.17) is 10.5 Å². The number of nitrogens with two attached hydrogens (primary N) is 1. The van der Waals surface area contributed by atoms with Crippen molar-refractivity contribution in [3.8, 4) is 5.75 Å². The van der Waals surface area contributed by atoms with E-state index in [0.29, 0.717) is 11.3 Å². The summed E-state index contributed by atoms with van der Waals surface area (Å²) >= 11 is 1.59. The molecule has 0 unspecified atom stereocenters. The highest BCUT2D eigenvalue weighted by Gasteiger charge is 2.16. The van der Waals surface area contributed by atoms with Gasteiger partial charge in [0, 0.05) is 11.4 Å². The summed E-state index contributed by atoms with van der Waals surface area (Å²) in [7, 11) is 1.68. The molecule has 6 nitrogen and oxygen atoms in total. The van der Waals surface area contributed by atoms with Gasteiger partial charge in [0.15, 0.2) is 22.1 Å². The number of aromatic nitrogens is 4. The zero-order valence-electron chi connectivity index (χ0n) is 18.1. The number of anilines is 1. The second-order valence-electron chi connectivity index (χ2n) is 5.56. The quantitative estimate of drug-likeness (QED) is 0.566. The van der Waals surface area contributed by atoms with Gasteiger partial charge in [-0.25, -0.2) is 15.0 Å². The minimum absolute atomic E-state index is 0.415. The summed E-state index contributed by atoms with van der Waals surface area (Å²) in [4.78, 5) is 14.2. The maximum Gasteiger partial charge on any atom is 0.175 e. The molecule has 0 aliphatic heterocycles. The molecule has 0 aliphatic rings. The van der Waals surface area contributed by atoms with Crippen LogP contribution in [0.5, 0.6) is 5.75 Å². The minimum atomic E-state index is 0.415. The van der Waals surface area contributed by atoms with Gasteiger partial charge in [-0.15, -0.1) is 0 Å². The van der Waals surface area contributed by atoms with Gasteiger partial charge in [-0.05, 0) is 31.0 Å². The molecule has 3 aromatic rings. The summed E-state index contributed by atoms with van der Waals surface area (Å²) in [6.07, 6.45) is 3.65. The highest BCUT2D eigenvalue weighted by atomic mass is 32.2. The van der Waals surface area contributed by atoms with Crippen molar-refractivity contribution in [2.75, 3.05) is 12.8 Å². The molecule has 0 atom stereocenters.